The van der Waals surface area contributed by atoms with Crippen LogP contribution in [0.4, 0.5) is 5.69 Å². The van der Waals surface area contributed by atoms with Gasteiger partial charge in [-0.2, -0.15) is 0 Å². The van der Waals surface area contributed by atoms with E-state index in [1.807, 2.05) is 18.4 Å². The second-order valence-corrected chi connectivity index (χ2v) is 6.11. The minimum absolute atomic E-state index is 0.181. The quantitative estimate of drug-likeness (QED) is 0.293. The lowest BCUT2D eigenvalue weighted by Crippen LogP contribution is -2.52. The maximum Gasteiger partial charge on any atom is 0.173 e. The number of likely N-dealkylation sites (N-methyl/N-ethyl adjacent to an activating group) is 1. The summed E-state index contributed by atoms with van der Waals surface area (Å²) in [7, 11) is 0. The molecule has 21 heavy (non-hydrogen) atoms. The van der Waals surface area contributed by atoms with Crippen molar-refractivity contribution in [3.05, 3.63) is 23.8 Å². The van der Waals surface area contributed by atoms with Gasteiger partial charge in [0.25, 0.3) is 0 Å². The third kappa shape index (κ3) is 3.27. The van der Waals surface area contributed by atoms with Gasteiger partial charge in [-0.3, -0.25) is 4.90 Å². The van der Waals surface area contributed by atoms with Gasteiger partial charge in [-0.25, -0.2) is 0 Å². The Balaban J connectivity index is 2.36. The van der Waals surface area contributed by atoms with Crippen molar-refractivity contribution >= 4 is 23.3 Å². The summed E-state index contributed by atoms with van der Waals surface area (Å²) in [5, 5.41) is 12.3. The van der Waals surface area contributed by atoms with Crippen LogP contribution in [0.1, 0.15) is 19.4 Å². The summed E-state index contributed by atoms with van der Waals surface area (Å²) in [5.41, 5.74) is 7.81. The highest BCUT2D eigenvalue weighted by Crippen LogP contribution is 2.31. The van der Waals surface area contributed by atoms with Crippen molar-refractivity contribution in [2.24, 2.45) is 10.9 Å². The van der Waals surface area contributed by atoms with Crippen molar-refractivity contribution in [2.75, 3.05) is 37.3 Å². The van der Waals surface area contributed by atoms with E-state index >= 15 is 0 Å². The molecule has 1 heterocycles. The van der Waals surface area contributed by atoms with Gasteiger partial charge >= 0.3 is 0 Å². The molecule has 3 N–H and O–H groups in total. The predicted octanol–water partition coefficient (Wildman–Crippen LogP) is 2.03. The number of thioether (sulfide) groups is 1. The lowest BCUT2D eigenvalue weighted by atomic mass is 10.1. The molecule has 1 aliphatic rings. The molecule has 1 aliphatic heterocycles. The largest absolute Gasteiger partial charge is 0.409 e. The van der Waals surface area contributed by atoms with Crippen molar-refractivity contribution < 1.29 is 5.21 Å². The van der Waals surface area contributed by atoms with Crippen molar-refractivity contribution in [1.82, 2.24) is 4.90 Å². The molecular weight excluding hydrogens is 284 g/mol. The third-order valence-electron chi connectivity index (χ3n) is 4.10. The zero-order valence-corrected chi connectivity index (χ0v) is 13.7. The molecular formula is C15H24N4OS. The van der Waals surface area contributed by atoms with E-state index in [4.69, 9.17) is 10.9 Å². The van der Waals surface area contributed by atoms with Crippen LogP contribution in [-0.4, -0.2) is 54.4 Å². The molecule has 2 rings (SSSR count). The SMILES string of the molecule is CCN1CCN(c2cccc(SC)c2/C(N)=N/O)CC1C. The van der Waals surface area contributed by atoms with Gasteiger partial charge in [0, 0.05) is 36.3 Å². The number of rotatable bonds is 4. The molecule has 0 radical (unpaired) electrons. The van der Waals surface area contributed by atoms with Crippen LogP contribution in [0.3, 0.4) is 0 Å². The molecule has 5 nitrogen and oxygen atoms in total. The third-order valence-corrected chi connectivity index (χ3v) is 4.88. The first-order valence-electron chi connectivity index (χ1n) is 7.26. The molecule has 1 aromatic rings. The molecule has 0 aliphatic carbocycles. The van der Waals surface area contributed by atoms with Gasteiger partial charge in [0.2, 0.25) is 0 Å². The number of amidine groups is 1. The number of benzene rings is 1. The summed E-state index contributed by atoms with van der Waals surface area (Å²) < 4.78 is 0. The Bertz CT molecular complexity index is 520. The topological polar surface area (TPSA) is 65.1 Å². The zero-order valence-electron chi connectivity index (χ0n) is 12.9. The maximum atomic E-state index is 9.09. The fourth-order valence-corrected chi connectivity index (χ4v) is 3.57. The summed E-state index contributed by atoms with van der Waals surface area (Å²) in [6.07, 6.45) is 2.00. The number of hydrogen-bond donors (Lipinski definition) is 2. The highest BCUT2D eigenvalue weighted by Gasteiger charge is 2.25. The highest BCUT2D eigenvalue weighted by atomic mass is 32.2. The van der Waals surface area contributed by atoms with E-state index in [0.717, 1.165) is 42.3 Å². The summed E-state index contributed by atoms with van der Waals surface area (Å²) in [5.74, 6) is 0.181. The number of hydrogen-bond acceptors (Lipinski definition) is 5. The fourth-order valence-electron chi connectivity index (χ4n) is 2.94. The number of nitrogens with zero attached hydrogens (tertiary/aromatic N) is 3. The lowest BCUT2D eigenvalue weighted by molar-refractivity contribution is 0.199. The Morgan fingerprint density at radius 1 is 1.48 bits per heavy atom. The van der Waals surface area contributed by atoms with Crippen LogP contribution in [-0.2, 0) is 0 Å². The number of oxime groups is 1. The van der Waals surface area contributed by atoms with Crippen LogP contribution in [0.5, 0.6) is 0 Å². The molecule has 0 amide bonds. The van der Waals surface area contributed by atoms with Crippen molar-refractivity contribution in [3.8, 4) is 0 Å². The Morgan fingerprint density at radius 2 is 2.24 bits per heavy atom. The smallest absolute Gasteiger partial charge is 0.173 e. The lowest BCUT2D eigenvalue weighted by Gasteiger charge is -2.41. The van der Waals surface area contributed by atoms with Crippen molar-refractivity contribution in [2.45, 2.75) is 24.8 Å². The molecule has 1 aromatic carbocycles. The first-order valence-corrected chi connectivity index (χ1v) is 8.48. The van der Waals surface area contributed by atoms with Gasteiger partial charge in [0.05, 0.1) is 5.56 Å². The Labute approximate surface area is 130 Å². The molecule has 1 atom stereocenters. The Morgan fingerprint density at radius 3 is 2.81 bits per heavy atom. The second-order valence-electron chi connectivity index (χ2n) is 5.26. The first-order chi connectivity index (χ1) is 10.1. The normalized spacial score (nSPS) is 20.8. The predicted molar refractivity (Wildman–Crippen MR) is 89.7 cm³/mol. The van der Waals surface area contributed by atoms with E-state index in [1.165, 1.54) is 0 Å². The van der Waals surface area contributed by atoms with Crippen LogP contribution in [0.2, 0.25) is 0 Å². The van der Waals surface area contributed by atoms with Gasteiger partial charge in [-0.1, -0.05) is 18.1 Å². The average Bonchev–Trinajstić information content (AvgIpc) is 2.53. The van der Waals surface area contributed by atoms with Crippen LogP contribution in [0.15, 0.2) is 28.3 Å². The van der Waals surface area contributed by atoms with Gasteiger partial charge < -0.3 is 15.8 Å². The molecule has 0 bridgehead atoms. The minimum atomic E-state index is 0.181. The molecule has 1 fully saturated rings. The molecule has 1 saturated heterocycles. The van der Waals surface area contributed by atoms with Gasteiger partial charge in [0.15, 0.2) is 5.84 Å². The second kappa shape index (κ2) is 7.04. The molecule has 116 valence electrons. The average molecular weight is 308 g/mol. The number of piperazine rings is 1. The van der Waals surface area contributed by atoms with Gasteiger partial charge in [-0.05, 0) is 31.9 Å². The number of anilines is 1. The van der Waals surface area contributed by atoms with Crippen LogP contribution in [0.25, 0.3) is 0 Å². The van der Waals surface area contributed by atoms with Gasteiger partial charge in [-0.15, -0.1) is 11.8 Å². The summed E-state index contributed by atoms with van der Waals surface area (Å²) in [6, 6.07) is 6.60. The molecule has 0 spiro atoms. The van der Waals surface area contributed by atoms with Crippen LogP contribution in [0, 0.1) is 0 Å². The Hall–Kier alpha value is -1.40. The van der Waals surface area contributed by atoms with E-state index in [-0.39, 0.29) is 5.84 Å². The van der Waals surface area contributed by atoms with E-state index in [9.17, 15) is 0 Å². The highest BCUT2D eigenvalue weighted by molar-refractivity contribution is 7.98. The first kappa shape index (κ1) is 16.0. The number of nitrogens with two attached hydrogens (primary N) is 1. The van der Waals surface area contributed by atoms with E-state index in [1.54, 1.807) is 11.8 Å². The summed E-state index contributed by atoms with van der Waals surface area (Å²) in [6.45, 7) is 8.47. The van der Waals surface area contributed by atoms with Crippen LogP contribution < -0.4 is 10.6 Å². The zero-order chi connectivity index (χ0) is 15.4. The molecule has 0 saturated carbocycles. The minimum Gasteiger partial charge on any atom is -0.409 e. The molecule has 6 heteroatoms. The fraction of sp³-hybridized carbons (Fsp3) is 0.533. The van der Waals surface area contributed by atoms with Gasteiger partial charge in [0.1, 0.15) is 0 Å². The van der Waals surface area contributed by atoms with E-state index < -0.39 is 0 Å². The molecule has 1 unspecified atom stereocenters. The van der Waals surface area contributed by atoms with E-state index in [0.29, 0.717) is 6.04 Å². The standard InChI is InChI=1S/C15H24N4OS/c1-4-18-8-9-19(10-11(18)2)12-6-5-7-13(21-3)14(12)15(16)17-20/h5-7,11,20H,4,8-10H2,1-3H3,(H2,16,17). The molecule has 0 aromatic heterocycles. The summed E-state index contributed by atoms with van der Waals surface area (Å²) in [4.78, 5) is 5.84. The monoisotopic (exact) mass is 308 g/mol. The van der Waals surface area contributed by atoms with Crippen molar-refractivity contribution in [1.29, 1.82) is 0 Å². The Kier molecular flexibility index (Phi) is 5.36. The van der Waals surface area contributed by atoms with E-state index in [2.05, 4.69) is 34.9 Å². The summed E-state index contributed by atoms with van der Waals surface area (Å²) >= 11 is 1.61. The maximum absolute atomic E-state index is 9.09. The van der Waals surface area contributed by atoms with Crippen LogP contribution >= 0.6 is 11.8 Å². The van der Waals surface area contributed by atoms with Crippen molar-refractivity contribution in [3.63, 3.8) is 0 Å².